The number of rotatable bonds is 5. The summed E-state index contributed by atoms with van der Waals surface area (Å²) in [6.07, 6.45) is 3.70. The highest BCUT2D eigenvalue weighted by molar-refractivity contribution is 7.14. The van der Waals surface area contributed by atoms with Gasteiger partial charge in [-0.15, -0.1) is 11.3 Å². The highest BCUT2D eigenvalue weighted by atomic mass is 32.1. The average Bonchev–Trinajstić information content (AvgIpc) is 3.23. The summed E-state index contributed by atoms with van der Waals surface area (Å²) in [5, 5.41) is 7.71. The van der Waals surface area contributed by atoms with Crippen molar-refractivity contribution < 1.29 is 4.74 Å². The fourth-order valence-corrected chi connectivity index (χ4v) is 5.22. The highest BCUT2D eigenvalue weighted by Crippen LogP contribution is 2.63. The quantitative estimate of drug-likeness (QED) is 0.675. The number of anilines is 1. The van der Waals surface area contributed by atoms with E-state index < -0.39 is 0 Å². The summed E-state index contributed by atoms with van der Waals surface area (Å²) in [5.41, 5.74) is 7.18. The zero-order valence-electron chi connectivity index (χ0n) is 16.0. The lowest BCUT2D eigenvalue weighted by Crippen LogP contribution is -2.32. The van der Waals surface area contributed by atoms with Crippen molar-refractivity contribution in [3.05, 3.63) is 29.6 Å². The first-order valence-corrected chi connectivity index (χ1v) is 10.3. The lowest BCUT2D eigenvalue weighted by Gasteiger charge is -2.34. The van der Waals surface area contributed by atoms with Crippen LogP contribution in [0, 0.1) is 16.7 Å². The number of ether oxygens (including phenoxy) is 1. The number of nitrogens with one attached hydrogen (secondary N) is 1. The number of aromatic nitrogens is 1. The van der Waals surface area contributed by atoms with E-state index in [1.807, 2.05) is 19.1 Å². The van der Waals surface area contributed by atoms with Gasteiger partial charge in [0.1, 0.15) is 5.75 Å². The molecule has 2 saturated carbocycles. The molecule has 26 heavy (non-hydrogen) atoms. The maximum atomic E-state index is 5.50. The van der Waals surface area contributed by atoms with Gasteiger partial charge in [0.2, 0.25) is 5.13 Å². The first-order chi connectivity index (χ1) is 12.4. The summed E-state index contributed by atoms with van der Waals surface area (Å²) in [6.45, 7) is 9.86. The Balaban J connectivity index is 1.48. The molecule has 5 heteroatoms. The van der Waals surface area contributed by atoms with E-state index in [1.165, 1.54) is 18.6 Å². The number of nitrogens with zero attached hydrogens (tertiary/aromatic N) is 2. The Morgan fingerprint density at radius 1 is 1.27 bits per heavy atom. The molecule has 2 aliphatic carbocycles. The van der Waals surface area contributed by atoms with Crippen LogP contribution in [0.1, 0.15) is 47.0 Å². The Hall–Kier alpha value is -1.88. The minimum atomic E-state index is 0.222. The third-order valence-electron chi connectivity index (χ3n) is 6.76. The van der Waals surface area contributed by atoms with Crippen molar-refractivity contribution in [1.29, 1.82) is 0 Å². The molecule has 4 nitrogen and oxygen atoms in total. The van der Waals surface area contributed by atoms with Crippen molar-refractivity contribution in [3.63, 3.8) is 0 Å². The number of fused-ring (bicyclic) bond motifs is 2. The van der Waals surface area contributed by atoms with E-state index in [9.17, 15) is 0 Å². The molecule has 1 aromatic carbocycles. The minimum Gasteiger partial charge on any atom is -0.494 e. The van der Waals surface area contributed by atoms with Gasteiger partial charge in [-0.25, -0.2) is 4.98 Å². The van der Waals surface area contributed by atoms with E-state index in [4.69, 9.17) is 14.8 Å². The summed E-state index contributed by atoms with van der Waals surface area (Å²) < 4.78 is 5.50. The Labute approximate surface area is 159 Å². The summed E-state index contributed by atoms with van der Waals surface area (Å²) >= 11 is 1.60. The van der Waals surface area contributed by atoms with Crippen LogP contribution in [0.3, 0.4) is 0 Å². The van der Waals surface area contributed by atoms with Crippen molar-refractivity contribution >= 4 is 22.2 Å². The predicted molar refractivity (Wildman–Crippen MR) is 109 cm³/mol. The van der Waals surface area contributed by atoms with Crippen LogP contribution in [-0.4, -0.2) is 17.3 Å². The van der Waals surface area contributed by atoms with E-state index in [0.29, 0.717) is 12.0 Å². The summed E-state index contributed by atoms with van der Waals surface area (Å²) in [7, 11) is 0. The van der Waals surface area contributed by atoms with Crippen LogP contribution in [0.25, 0.3) is 11.3 Å². The molecular formula is C21H27N3OS. The number of hydrazone groups is 1. The first kappa shape index (κ1) is 17.5. The molecule has 2 aliphatic rings. The zero-order chi connectivity index (χ0) is 18.4. The number of thiazole rings is 1. The van der Waals surface area contributed by atoms with Gasteiger partial charge in [0.15, 0.2) is 0 Å². The molecule has 1 N–H and O–H groups in total. The normalized spacial score (nSPS) is 27.8. The average molecular weight is 370 g/mol. The van der Waals surface area contributed by atoms with Gasteiger partial charge in [0, 0.05) is 22.1 Å². The van der Waals surface area contributed by atoms with Gasteiger partial charge in [-0.2, -0.15) is 5.10 Å². The molecule has 0 spiro atoms. The largest absolute Gasteiger partial charge is 0.494 e. The van der Waals surface area contributed by atoms with Gasteiger partial charge >= 0.3 is 0 Å². The lowest BCUT2D eigenvalue weighted by molar-refractivity contribution is 0.194. The van der Waals surface area contributed by atoms with Gasteiger partial charge in [0.05, 0.1) is 12.3 Å². The second-order valence-electron chi connectivity index (χ2n) is 8.16. The van der Waals surface area contributed by atoms with E-state index in [0.717, 1.165) is 34.5 Å². The van der Waals surface area contributed by atoms with Gasteiger partial charge in [-0.1, -0.05) is 20.8 Å². The second-order valence-corrected chi connectivity index (χ2v) is 9.02. The van der Waals surface area contributed by atoms with Crippen LogP contribution in [0.15, 0.2) is 34.7 Å². The molecule has 138 valence electrons. The summed E-state index contributed by atoms with van der Waals surface area (Å²) in [4.78, 5) is 4.70. The molecule has 0 saturated heterocycles. The second kappa shape index (κ2) is 6.38. The van der Waals surface area contributed by atoms with Crippen molar-refractivity contribution in [3.8, 4) is 17.0 Å². The van der Waals surface area contributed by atoms with Crippen LogP contribution in [-0.2, 0) is 0 Å². The van der Waals surface area contributed by atoms with Gasteiger partial charge in [-0.3, -0.25) is 5.43 Å². The van der Waals surface area contributed by atoms with Crippen molar-refractivity contribution in [2.75, 3.05) is 12.0 Å². The molecular weight excluding hydrogens is 342 g/mol. The molecule has 2 unspecified atom stereocenters. The number of hydrogen-bond donors (Lipinski definition) is 1. The molecule has 2 atom stereocenters. The molecule has 2 bridgehead atoms. The monoisotopic (exact) mass is 369 g/mol. The molecule has 4 rings (SSSR count). The Morgan fingerprint density at radius 2 is 2.04 bits per heavy atom. The maximum Gasteiger partial charge on any atom is 0.203 e. The molecule has 0 aliphatic heterocycles. The summed E-state index contributed by atoms with van der Waals surface area (Å²) in [6, 6.07) is 8.08. The van der Waals surface area contributed by atoms with E-state index in [2.05, 4.69) is 43.7 Å². The van der Waals surface area contributed by atoms with Crippen molar-refractivity contribution in [1.82, 2.24) is 4.98 Å². The Morgan fingerprint density at radius 3 is 2.65 bits per heavy atom. The van der Waals surface area contributed by atoms with Crippen LogP contribution in [0.5, 0.6) is 5.75 Å². The zero-order valence-corrected chi connectivity index (χ0v) is 16.8. The lowest BCUT2D eigenvalue weighted by atomic mass is 9.70. The van der Waals surface area contributed by atoms with Gasteiger partial charge in [-0.05, 0) is 61.8 Å². The standard InChI is InChI=1S/C21H27N3OS/c1-5-25-16-8-6-14(7-9-16)17-13-26-19(22-17)24-23-18-12-15-10-11-21(18,4)20(15,2)3/h6-9,13,15H,5,10-12H2,1-4H3,(H,22,24)/b23-18+. The Bertz CT molecular complexity index is 824. The van der Waals surface area contributed by atoms with Crippen LogP contribution >= 0.6 is 11.3 Å². The number of benzene rings is 1. The molecule has 1 heterocycles. The number of hydrogen-bond acceptors (Lipinski definition) is 5. The van der Waals surface area contributed by atoms with Gasteiger partial charge in [0.25, 0.3) is 0 Å². The third-order valence-corrected chi connectivity index (χ3v) is 7.51. The third kappa shape index (κ3) is 2.73. The summed E-state index contributed by atoms with van der Waals surface area (Å²) in [5.74, 6) is 1.66. The SMILES string of the molecule is CCOc1ccc(-c2csc(N/N=C3\CC4CCC3(C)C4(C)C)n2)cc1. The van der Waals surface area contributed by atoms with Crippen LogP contribution in [0.4, 0.5) is 5.13 Å². The topological polar surface area (TPSA) is 46.5 Å². The van der Waals surface area contributed by atoms with Gasteiger partial charge < -0.3 is 4.74 Å². The maximum absolute atomic E-state index is 5.50. The fourth-order valence-electron chi connectivity index (χ4n) is 4.56. The van der Waals surface area contributed by atoms with Crippen molar-refractivity contribution in [2.24, 2.45) is 21.8 Å². The minimum absolute atomic E-state index is 0.222. The van der Waals surface area contributed by atoms with Crippen LogP contribution in [0.2, 0.25) is 0 Å². The molecule has 1 aromatic heterocycles. The predicted octanol–water partition coefficient (Wildman–Crippen LogP) is 5.82. The van der Waals surface area contributed by atoms with Crippen LogP contribution < -0.4 is 10.2 Å². The Kier molecular flexibility index (Phi) is 4.30. The molecule has 0 radical (unpaired) electrons. The molecule has 2 fully saturated rings. The fraction of sp³-hybridized carbons (Fsp3) is 0.524. The molecule has 2 aromatic rings. The smallest absolute Gasteiger partial charge is 0.203 e. The van der Waals surface area contributed by atoms with E-state index in [-0.39, 0.29) is 5.41 Å². The first-order valence-electron chi connectivity index (χ1n) is 9.46. The highest BCUT2D eigenvalue weighted by Gasteiger charge is 2.59. The molecule has 0 amide bonds. The van der Waals surface area contributed by atoms with Crippen molar-refractivity contribution in [2.45, 2.75) is 47.0 Å². The van der Waals surface area contributed by atoms with E-state index >= 15 is 0 Å². The van der Waals surface area contributed by atoms with E-state index in [1.54, 1.807) is 11.3 Å².